The molecule has 0 aromatic heterocycles. The first kappa shape index (κ1) is 26.9. The Morgan fingerprint density at radius 2 is 1.44 bits per heavy atom. The molecule has 0 aliphatic heterocycles. The molecule has 0 saturated heterocycles. The van der Waals surface area contributed by atoms with Gasteiger partial charge < -0.3 is 24.8 Å². The Morgan fingerprint density at radius 3 is 1.97 bits per heavy atom. The third-order valence-corrected chi connectivity index (χ3v) is 5.81. The number of carbonyl (C=O) groups excluding carboxylic acids is 1. The van der Waals surface area contributed by atoms with E-state index in [1.165, 1.54) is 4.90 Å². The summed E-state index contributed by atoms with van der Waals surface area (Å²) in [6.45, 7) is 6.21. The van der Waals surface area contributed by atoms with Crippen LogP contribution in [-0.2, 0) is 13.2 Å². The minimum absolute atomic E-state index is 0.125. The van der Waals surface area contributed by atoms with Crippen LogP contribution in [0.5, 0.6) is 11.5 Å². The van der Waals surface area contributed by atoms with Crippen molar-refractivity contribution in [2.24, 2.45) is 0 Å². The maximum absolute atomic E-state index is 12.9. The fourth-order valence-corrected chi connectivity index (χ4v) is 3.82. The average molecular weight is 511 g/mol. The second-order valence-corrected chi connectivity index (χ2v) is 9.54. The number of nitrogens with zero attached hydrogens (tertiary/aromatic N) is 1. The lowest BCUT2D eigenvalue weighted by atomic mass is 10.1. The highest BCUT2D eigenvalue weighted by atomic mass is 35.5. The van der Waals surface area contributed by atoms with Crippen molar-refractivity contribution in [1.29, 1.82) is 0 Å². The molecule has 2 amide bonds. The van der Waals surface area contributed by atoms with E-state index in [0.717, 1.165) is 11.1 Å². The van der Waals surface area contributed by atoms with Crippen LogP contribution in [0.2, 0.25) is 5.02 Å². The molecule has 0 aliphatic rings. The lowest BCUT2D eigenvalue weighted by Gasteiger charge is -2.33. The molecular formula is C28H31ClN2O5. The van der Waals surface area contributed by atoms with E-state index in [2.05, 4.69) is 5.32 Å². The second-order valence-electron chi connectivity index (χ2n) is 9.16. The first-order valence-electron chi connectivity index (χ1n) is 11.6. The van der Waals surface area contributed by atoms with Crippen LogP contribution in [0.15, 0.2) is 72.8 Å². The fraction of sp³-hybridized carbons (Fsp3) is 0.286. The van der Waals surface area contributed by atoms with Gasteiger partial charge in [-0.15, -0.1) is 0 Å². The van der Waals surface area contributed by atoms with Gasteiger partial charge in [0.15, 0.2) is 11.5 Å². The van der Waals surface area contributed by atoms with E-state index in [4.69, 9.17) is 21.1 Å². The summed E-state index contributed by atoms with van der Waals surface area (Å²) in [4.78, 5) is 25.7. The van der Waals surface area contributed by atoms with Gasteiger partial charge in [-0.3, -0.25) is 4.79 Å². The highest BCUT2D eigenvalue weighted by molar-refractivity contribution is 6.35. The van der Waals surface area contributed by atoms with Crippen molar-refractivity contribution in [3.05, 3.63) is 94.5 Å². The zero-order chi connectivity index (χ0) is 26.1. The van der Waals surface area contributed by atoms with Crippen molar-refractivity contribution in [2.75, 3.05) is 13.1 Å². The molecule has 0 spiro atoms. The van der Waals surface area contributed by atoms with Gasteiger partial charge in [0.1, 0.15) is 13.2 Å². The molecule has 0 radical (unpaired) electrons. The molecule has 36 heavy (non-hydrogen) atoms. The normalized spacial score (nSPS) is 11.0. The predicted octanol–water partition coefficient (Wildman–Crippen LogP) is 6.01. The Labute approximate surface area is 216 Å². The van der Waals surface area contributed by atoms with E-state index in [-0.39, 0.29) is 36.0 Å². The molecule has 3 aromatic rings. The van der Waals surface area contributed by atoms with Crippen LogP contribution in [0, 0.1) is 0 Å². The van der Waals surface area contributed by atoms with Gasteiger partial charge in [0, 0.05) is 18.6 Å². The van der Waals surface area contributed by atoms with Crippen LogP contribution in [0.1, 0.15) is 42.3 Å². The van der Waals surface area contributed by atoms with Crippen LogP contribution in [0.3, 0.4) is 0 Å². The molecule has 0 heterocycles. The van der Waals surface area contributed by atoms with Gasteiger partial charge in [-0.05, 0) is 44.0 Å². The molecule has 3 rings (SSSR count). The van der Waals surface area contributed by atoms with Crippen LogP contribution >= 0.6 is 11.6 Å². The molecule has 7 nitrogen and oxygen atoms in total. The van der Waals surface area contributed by atoms with Gasteiger partial charge in [0.25, 0.3) is 5.91 Å². The first-order valence-corrected chi connectivity index (χ1v) is 12.0. The van der Waals surface area contributed by atoms with Gasteiger partial charge in [0.05, 0.1) is 10.6 Å². The first-order chi connectivity index (χ1) is 17.2. The lowest BCUT2D eigenvalue weighted by Crippen LogP contribution is -2.48. The number of halogens is 1. The molecule has 0 unspecified atom stereocenters. The highest BCUT2D eigenvalue weighted by Gasteiger charge is 2.26. The van der Waals surface area contributed by atoms with Gasteiger partial charge >= 0.3 is 6.09 Å². The molecule has 0 fully saturated rings. The maximum atomic E-state index is 12.9. The lowest BCUT2D eigenvalue weighted by molar-refractivity contribution is 0.0891. The van der Waals surface area contributed by atoms with Crippen LogP contribution in [0.4, 0.5) is 4.79 Å². The SMILES string of the molecule is CC(C)(C)N(CCNC(=O)c1ccc(OCc2ccccc2)c(OCc2ccccc2)c1Cl)C(=O)O. The quantitative estimate of drug-likeness (QED) is 0.349. The van der Waals surface area contributed by atoms with Gasteiger partial charge in [-0.1, -0.05) is 72.3 Å². The standard InChI is InChI=1S/C28H31ClN2O5/c1-28(2,3)31(27(33)34)17-16-30-26(32)22-14-15-23(35-18-20-10-6-4-7-11-20)25(24(22)29)36-19-21-12-8-5-9-13-21/h4-15H,16-19H2,1-3H3,(H,30,32)(H,33,34). The Kier molecular flexibility index (Phi) is 9.19. The molecule has 0 aliphatic carbocycles. The highest BCUT2D eigenvalue weighted by Crippen LogP contribution is 2.39. The third kappa shape index (κ3) is 7.39. The van der Waals surface area contributed by atoms with Crippen molar-refractivity contribution in [1.82, 2.24) is 10.2 Å². The summed E-state index contributed by atoms with van der Waals surface area (Å²) in [7, 11) is 0. The average Bonchev–Trinajstić information content (AvgIpc) is 2.85. The third-order valence-electron chi connectivity index (χ3n) is 5.43. The number of hydrogen-bond donors (Lipinski definition) is 2. The van der Waals surface area contributed by atoms with E-state index in [1.54, 1.807) is 32.9 Å². The summed E-state index contributed by atoms with van der Waals surface area (Å²) in [5, 5.41) is 12.3. The molecule has 0 atom stereocenters. The van der Waals surface area contributed by atoms with Crippen molar-refractivity contribution < 1.29 is 24.2 Å². The molecule has 8 heteroatoms. The summed E-state index contributed by atoms with van der Waals surface area (Å²) in [5.74, 6) is 0.255. The Hall–Kier alpha value is -3.71. The molecular weight excluding hydrogens is 480 g/mol. The molecule has 0 bridgehead atoms. The second kappa shape index (κ2) is 12.3. The van der Waals surface area contributed by atoms with E-state index >= 15 is 0 Å². The fourth-order valence-electron chi connectivity index (χ4n) is 3.52. The zero-order valence-corrected chi connectivity index (χ0v) is 21.4. The maximum Gasteiger partial charge on any atom is 0.407 e. The van der Waals surface area contributed by atoms with Gasteiger partial charge in [0.2, 0.25) is 0 Å². The number of nitrogens with one attached hydrogen (secondary N) is 1. The predicted molar refractivity (Wildman–Crippen MR) is 140 cm³/mol. The summed E-state index contributed by atoms with van der Waals surface area (Å²) >= 11 is 6.65. The summed E-state index contributed by atoms with van der Waals surface area (Å²) in [6, 6.07) is 22.5. The van der Waals surface area contributed by atoms with Crippen molar-refractivity contribution in [2.45, 2.75) is 39.5 Å². The zero-order valence-electron chi connectivity index (χ0n) is 20.7. The summed E-state index contributed by atoms with van der Waals surface area (Å²) < 4.78 is 12.0. The van der Waals surface area contributed by atoms with E-state index in [0.29, 0.717) is 12.4 Å². The number of benzene rings is 3. The van der Waals surface area contributed by atoms with Crippen LogP contribution in [-0.4, -0.2) is 40.6 Å². The Balaban J connectivity index is 1.77. The molecule has 3 aromatic carbocycles. The number of hydrogen-bond acceptors (Lipinski definition) is 4. The van der Waals surface area contributed by atoms with Gasteiger partial charge in [-0.25, -0.2) is 4.79 Å². The summed E-state index contributed by atoms with van der Waals surface area (Å²) in [5.41, 5.74) is 1.54. The Morgan fingerprint density at radius 1 is 0.889 bits per heavy atom. The smallest absolute Gasteiger partial charge is 0.407 e. The van der Waals surface area contributed by atoms with E-state index < -0.39 is 17.5 Å². The largest absolute Gasteiger partial charge is 0.485 e. The molecule has 0 saturated carbocycles. The number of amides is 2. The Bertz CT molecular complexity index is 1160. The van der Waals surface area contributed by atoms with Crippen LogP contribution < -0.4 is 14.8 Å². The molecule has 2 N–H and O–H groups in total. The van der Waals surface area contributed by atoms with Crippen molar-refractivity contribution in [3.8, 4) is 11.5 Å². The number of rotatable bonds is 10. The minimum atomic E-state index is -1.05. The minimum Gasteiger partial charge on any atom is -0.485 e. The number of ether oxygens (including phenoxy) is 2. The van der Waals surface area contributed by atoms with E-state index in [1.807, 2.05) is 60.7 Å². The topological polar surface area (TPSA) is 88.1 Å². The monoisotopic (exact) mass is 510 g/mol. The number of carboxylic acid groups (broad SMARTS) is 1. The summed E-state index contributed by atoms with van der Waals surface area (Å²) in [6.07, 6.45) is -1.05. The molecule has 190 valence electrons. The van der Waals surface area contributed by atoms with Gasteiger partial charge in [-0.2, -0.15) is 0 Å². The van der Waals surface area contributed by atoms with Crippen molar-refractivity contribution in [3.63, 3.8) is 0 Å². The van der Waals surface area contributed by atoms with Crippen LogP contribution in [0.25, 0.3) is 0 Å². The van der Waals surface area contributed by atoms with Crippen molar-refractivity contribution >= 4 is 23.6 Å². The number of carbonyl (C=O) groups is 2. The van der Waals surface area contributed by atoms with E-state index in [9.17, 15) is 14.7 Å².